The maximum atomic E-state index is 5.93. The van der Waals surface area contributed by atoms with Gasteiger partial charge in [0, 0.05) is 12.1 Å². The van der Waals surface area contributed by atoms with Gasteiger partial charge in [-0.15, -0.1) is 0 Å². The Morgan fingerprint density at radius 3 is 1.71 bits per heavy atom. The Morgan fingerprint density at radius 2 is 1.43 bits per heavy atom. The minimum Gasteiger partial charge on any atom is -0.329 e. The Bertz CT molecular complexity index is 184. The monoisotopic (exact) mass is 198 g/mol. The van der Waals surface area contributed by atoms with E-state index in [4.69, 9.17) is 5.73 Å². The Balaban J connectivity index is 2.90. The van der Waals surface area contributed by atoms with E-state index in [0.717, 1.165) is 6.54 Å². The van der Waals surface area contributed by atoms with Crippen molar-refractivity contribution in [3.8, 4) is 0 Å². The largest absolute Gasteiger partial charge is 0.329 e. The van der Waals surface area contributed by atoms with E-state index >= 15 is 0 Å². The lowest BCUT2D eigenvalue weighted by atomic mass is 9.58. The quantitative estimate of drug-likeness (QED) is 0.713. The fraction of sp³-hybridized carbons (Fsp3) is 1.00. The first-order valence-electron chi connectivity index (χ1n) is 5.63. The standard InChI is InChI=1S/C12H26N2/c1-10(2)6-11(3,4)8-12(7-10,9-13)14-5/h14H,6-9,13H2,1-5H3. The highest BCUT2D eigenvalue weighted by Gasteiger charge is 2.45. The highest BCUT2D eigenvalue weighted by Crippen LogP contribution is 2.49. The van der Waals surface area contributed by atoms with E-state index in [2.05, 4.69) is 33.0 Å². The predicted octanol–water partition coefficient (Wildman–Crippen LogP) is 2.14. The molecular formula is C12H26N2. The summed E-state index contributed by atoms with van der Waals surface area (Å²) in [6.07, 6.45) is 3.68. The van der Waals surface area contributed by atoms with Gasteiger partial charge in [-0.1, -0.05) is 27.7 Å². The molecule has 0 aromatic rings. The molecule has 0 aliphatic heterocycles. The molecule has 1 fully saturated rings. The van der Waals surface area contributed by atoms with Gasteiger partial charge in [0.1, 0.15) is 0 Å². The number of rotatable bonds is 2. The predicted molar refractivity (Wildman–Crippen MR) is 62.3 cm³/mol. The van der Waals surface area contributed by atoms with Crippen LogP contribution in [0.2, 0.25) is 0 Å². The van der Waals surface area contributed by atoms with Crippen molar-refractivity contribution in [2.24, 2.45) is 16.6 Å². The first-order chi connectivity index (χ1) is 6.24. The summed E-state index contributed by atoms with van der Waals surface area (Å²) in [6, 6.07) is 0. The van der Waals surface area contributed by atoms with Gasteiger partial charge in [0.15, 0.2) is 0 Å². The van der Waals surface area contributed by atoms with Crippen LogP contribution in [-0.2, 0) is 0 Å². The van der Waals surface area contributed by atoms with Crippen LogP contribution in [0.4, 0.5) is 0 Å². The highest BCUT2D eigenvalue weighted by atomic mass is 15.0. The van der Waals surface area contributed by atoms with E-state index in [9.17, 15) is 0 Å². The summed E-state index contributed by atoms with van der Waals surface area (Å²) in [5.74, 6) is 0. The van der Waals surface area contributed by atoms with Crippen molar-refractivity contribution in [1.29, 1.82) is 0 Å². The van der Waals surface area contributed by atoms with Gasteiger partial charge in [-0.05, 0) is 37.1 Å². The van der Waals surface area contributed by atoms with Crippen molar-refractivity contribution in [1.82, 2.24) is 5.32 Å². The molecule has 0 saturated heterocycles. The molecule has 0 amide bonds. The van der Waals surface area contributed by atoms with Crippen molar-refractivity contribution in [3.05, 3.63) is 0 Å². The summed E-state index contributed by atoms with van der Waals surface area (Å²) in [4.78, 5) is 0. The van der Waals surface area contributed by atoms with Gasteiger partial charge in [-0.3, -0.25) is 0 Å². The Kier molecular flexibility index (Phi) is 2.99. The van der Waals surface area contributed by atoms with Gasteiger partial charge in [0.05, 0.1) is 0 Å². The molecule has 3 N–H and O–H groups in total. The number of nitrogens with two attached hydrogens (primary N) is 1. The van der Waals surface area contributed by atoms with Crippen LogP contribution in [0.25, 0.3) is 0 Å². The summed E-state index contributed by atoms with van der Waals surface area (Å²) in [5, 5.41) is 3.45. The van der Waals surface area contributed by atoms with E-state index in [1.807, 2.05) is 7.05 Å². The number of hydrogen-bond acceptors (Lipinski definition) is 2. The second-order valence-electron chi connectivity index (χ2n) is 6.59. The van der Waals surface area contributed by atoms with Crippen LogP contribution >= 0.6 is 0 Å². The summed E-state index contributed by atoms with van der Waals surface area (Å²) >= 11 is 0. The molecule has 84 valence electrons. The number of likely N-dealkylation sites (N-methyl/N-ethyl adjacent to an activating group) is 1. The van der Waals surface area contributed by atoms with Crippen molar-refractivity contribution in [2.75, 3.05) is 13.6 Å². The van der Waals surface area contributed by atoms with Crippen LogP contribution in [0, 0.1) is 10.8 Å². The molecule has 0 unspecified atom stereocenters. The van der Waals surface area contributed by atoms with Crippen LogP contribution in [-0.4, -0.2) is 19.1 Å². The molecule has 14 heavy (non-hydrogen) atoms. The minimum absolute atomic E-state index is 0.158. The summed E-state index contributed by atoms with van der Waals surface area (Å²) in [7, 11) is 2.05. The SMILES string of the molecule is CNC1(CN)CC(C)(C)CC(C)(C)C1. The van der Waals surface area contributed by atoms with Gasteiger partial charge < -0.3 is 11.1 Å². The van der Waals surface area contributed by atoms with Crippen molar-refractivity contribution in [3.63, 3.8) is 0 Å². The first kappa shape index (κ1) is 12.0. The zero-order valence-corrected chi connectivity index (χ0v) is 10.4. The van der Waals surface area contributed by atoms with E-state index < -0.39 is 0 Å². The van der Waals surface area contributed by atoms with Gasteiger partial charge in [-0.25, -0.2) is 0 Å². The molecule has 1 rings (SSSR count). The van der Waals surface area contributed by atoms with Crippen LogP contribution in [0.3, 0.4) is 0 Å². The molecule has 1 aliphatic rings. The molecule has 0 heterocycles. The van der Waals surface area contributed by atoms with E-state index in [1.165, 1.54) is 19.3 Å². The molecule has 1 saturated carbocycles. The summed E-state index contributed by atoms with van der Waals surface area (Å²) in [6.45, 7) is 10.2. The highest BCUT2D eigenvalue weighted by molar-refractivity contribution is 5.02. The molecular weight excluding hydrogens is 172 g/mol. The average Bonchev–Trinajstić information content (AvgIpc) is 1.98. The van der Waals surface area contributed by atoms with E-state index in [-0.39, 0.29) is 5.54 Å². The smallest absolute Gasteiger partial charge is 0.0311 e. The third-order valence-corrected chi connectivity index (χ3v) is 3.51. The zero-order valence-electron chi connectivity index (χ0n) is 10.4. The molecule has 0 aromatic heterocycles. The molecule has 0 aromatic carbocycles. The van der Waals surface area contributed by atoms with E-state index in [0.29, 0.717) is 10.8 Å². The maximum Gasteiger partial charge on any atom is 0.0311 e. The molecule has 2 heteroatoms. The fourth-order valence-corrected chi connectivity index (χ4v) is 3.74. The molecule has 2 nitrogen and oxygen atoms in total. The number of hydrogen-bond donors (Lipinski definition) is 2. The van der Waals surface area contributed by atoms with Crippen molar-refractivity contribution < 1.29 is 0 Å². The first-order valence-corrected chi connectivity index (χ1v) is 5.63. The van der Waals surface area contributed by atoms with Gasteiger partial charge in [0.25, 0.3) is 0 Å². The topological polar surface area (TPSA) is 38.0 Å². The van der Waals surface area contributed by atoms with Crippen LogP contribution in [0.1, 0.15) is 47.0 Å². The normalized spacial score (nSPS) is 28.7. The number of nitrogens with one attached hydrogen (secondary N) is 1. The Morgan fingerprint density at radius 1 is 1.00 bits per heavy atom. The fourth-order valence-electron chi connectivity index (χ4n) is 3.74. The molecule has 0 bridgehead atoms. The average molecular weight is 198 g/mol. The van der Waals surface area contributed by atoms with Crippen LogP contribution < -0.4 is 11.1 Å². The van der Waals surface area contributed by atoms with E-state index in [1.54, 1.807) is 0 Å². The molecule has 1 aliphatic carbocycles. The second kappa shape index (κ2) is 3.49. The Hall–Kier alpha value is -0.0800. The van der Waals surface area contributed by atoms with Gasteiger partial charge in [0.2, 0.25) is 0 Å². The molecule has 0 atom stereocenters. The van der Waals surface area contributed by atoms with Crippen molar-refractivity contribution in [2.45, 2.75) is 52.5 Å². The third-order valence-electron chi connectivity index (χ3n) is 3.51. The zero-order chi connectivity index (χ0) is 11.0. The molecule has 0 spiro atoms. The van der Waals surface area contributed by atoms with Crippen LogP contribution in [0.15, 0.2) is 0 Å². The maximum absolute atomic E-state index is 5.93. The van der Waals surface area contributed by atoms with Crippen LogP contribution in [0.5, 0.6) is 0 Å². The van der Waals surface area contributed by atoms with Crippen molar-refractivity contribution >= 4 is 0 Å². The summed E-state index contributed by atoms with van der Waals surface area (Å²) in [5.41, 5.74) is 6.90. The lowest BCUT2D eigenvalue weighted by molar-refractivity contribution is 0.0365. The second-order valence-corrected chi connectivity index (χ2v) is 6.59. The van der Waals surface area contributed by atoms with Gasteiger partial charge in [-0.2, -0.15) is 0 Å². The lowest BCUT2D eigenvalue weighted by Crippen LogP contribution is -2.57. The third kappa shape index (κ3) is 2.48. The summed E-state index contributed by atoms with van der Waals surface area (Å²) < 4.78 is 0. The molecule has 0 radical (unpaired) electrons. The lowest BCUT2D eigenvalue weighted by Gasteiger charge is -2.51. The Labute approximate surface area is 88.6 Å². The van der Waals surface area contributed by atoms with Gasteiger partial charge >= 0.3 is 0 Å². The minimum atomic E-state index is 0.158.